The highest BCUT2D eigenvalue weighted by molar-refractivity contribution is 7.92. The molecule has 0 unspecified atom stereocenters. The lowest BCUT2D eigenvalue weighted by atomic mass is 10.0. The summed E-state index contributed by atoms with van der Waals surface area (Å²) < 4.78 is 28.8. The van der Waals surface area contributed by atoms with E-state index < -0.39 is 28.5 Å². The van der Waals surface area contributed by atoms with Crippen LogP contribution >= 0.6 is 11.6 Å². The van der Waals surface area contributed by atoms with Crippen molar-refractivity contribution in [1.29, 1.82) is 0 Å². The fraction of sp³-hybridized carbons (Fsp3) is 0.355. The van der Waals surface area contributed by atoms with E-state index in [4.69, 9.17) is 11.6 Å². The number of nitrogens with one attached hydrogen (secondary N) is 1. The van der Waals surface area contributed by atoms with Gasteiger partial charge in [0.05, 0.1) is 10.6 Å². The van der Waals surface area contributed by atoms with E-state index in [1.807, 2.05) is 19.1 Å². The molecule has 214 valence electrons. The Morgan fingerprint density at radius 2 is 1.52 bits per heavy atom. The maximum Gasteiger partial charge on any atom is 0.264 e. The number of anilines is 1. The summed E-state index contributed by atoms with van der Waals surface area (Å²) in [6, 6.07) is 21.4. The molecule has 9 heteroatoms. The zero-order chi connectivity index (χ0) is 29.3. The van der Waals surface area contributed by atoms with Gasteiger partial charge in [0, 0.05) is 18.1 Å². The van der Waals surface area contributed by atoms with E-state index in [2.05, 4.69) is 19.2 Å². The van der Waals surface area contributed by atoms with Crippen molar-refractivity contribution in [2.75, 3.05) is 17.4 Å². The number of carbonyl (C=O) groups excluding carboxylic acids is 2. The lowest BCUT2D eigenvalue weighted by Crippen LogP contribution is -2.51. The zero-order valence-corrected chi connectivity index (χ0v) is 25.1. The van der Waals surface area contributed by atoms with Crippen LogP contribution in [0.3, 0.4) is 0 Å². The highest BCUT2D eigenvalue weighted by atomic mass is 35.5. The van der Waals surface area contributed by atoms with E-state index in [-0.39, 0.29) is 23.3 Å². The predicted octanol–water partition coefficient (Wildman–Crippen LogP) is 5.99. The van der Waals surface area contributed by atoms with Gasteiger partial charge in [0.25, 0.3) is 10.0 Å². The molecule has 0 aromatic heterocycles. The average molecular weight is 584 g/mol. The summed E-state index contributed by atoms with van der Waals surface area (Å²) in [6.07, 6.45) is 1.74. The first-order chi connectivity index (χ1) is 19.0. The van der Waals surface area contributed by atoms with E-state index in [0.717, 1.165) is 28.3 Å². The van der Waals surface area contributed by atoms with E-state index in [9.17, 15) is 18.0 Å². The van der Waals surface area contributed by atoms with Crippen molar-refractivity contribution in [3.63, 3.8) is 0 Å². The Morgan fingerprint density at radius 3 is 2.10 bits per heavy atom. The first-order valence-electron chi connectivity index (χ1n) is 13.5. The number of carbonyl (C=O) groups is 2. The summed E-state index contributed by atoms with van der Waals surface area (Å²) in [7, 11) is -4.09. The van der Waals surface area contributed by atoms with Crippen molar-refractivity contribution in [2.45, 2.75) is 63.9 Å². The van der Waals surface area contributed by atoms with E-state index in [1.165, 1.54) is 17.0 Å². The van der Waals surface area contributed by atoms with E-state index >= 15 is 0 Å². The van der Waals surface area contributed by atoms with Gasteiger partial charge in [-0.2, -0.15) is 0 Å². The number of unbranched alkanes of at least 4 members (excludes halogenated alkanes) is 1. The average Bonchev–Trinajstić information content (AvgIpc) is 2.95. The SMILES string of the molecule is CCCCNC(=O)[C@@H](C)N(Cc1ccc(Cl)cc1)C(=O)CN(c1ccc(C(C)C)cc1)S(=O)(=O)c1ccccc1. The number of nitrogens with zero attached hydrogens (tertiary/aromatic N) is 2. The molecule has 0 aliphatic carbocycles. The van der Waals surface area contributed by atoms with Crippen molar-refractivity contribution in [3.05, 3.63) is 95.0 Å². The van der Waals surface area contributed by atoms with Crippen LogP contribution in [0.2, 0.25) is 5.02 Å². The minimum absolute atomic E-state index is 0.0744. The summed E-state index contributed by atoms with van der Waals surface area (Å²) in [5, 5.41) is 3.44. The van der Waals surface area contributed by atoms with Gasteiger partial charge in [-0.1, -0.05) is 81.3 Å². The van der Waals surface area contributed by atoms with Crippen molar-refractivity contribution < 1.29 is 18.0 Å². The molecule has 2 amide bonds. The smallest absolute Gasteiger partial charge is 0.264 e. The summed E-state index contributed by atoms with van der Waals surface area (Å²) in [4.78, 5) is 28.5. The van der Waals surface area contributed by atoms with Crippen LogP contribution in [-0.2, 0) is 26.2 Å². The molecule has 0 aliphatic heterocycles. The monoisotopic (exact) mass is 583 g/mol. The van der Waals surface area contributed by atoms with Gasteiger partial charge < -0.3 is 10.2 Å². The molecule has 0 fully saturated rings. The van der Waals surface area contributed by atoms with Crippen LogP contribution in [0.15, 0.2) is 83.8 Å². The molecule has 7 nitrogen and oxygen atoms in total. The summed E-state index contributed by atoms with van der Waals surface area (Å²) >= 11 is 6.05. The number of sulfonamides is 1. The van der Waals surface area contributed by atoms with Gasteiger partial charge in [-0.3, -0.25) is 13.9 Å². The fourth-order valence-electron chi connectivity index (χ4n) is 4.18. The third-order valence-corrected chi connectivity index (χ3v) is 8.76. The Morgan fingerprint density at radius 1 is 0.900 bits per heavy atom. The molecule has 3 aromatic carbocycles. The second-order valence-corrected chi connectivity index (χ2v) is 12.3. The molecule has 1 N–H and O–H groups in total. The lowest BCUT2D eigenvalue weighted by molar-refractivity contribution is -0.139. The Labute approximate surface area is 243 Å². The van der Waals surface area contributed by atoms with Gasteiger partial charge in [0.1, 0.15) is 12.6 Å². The molecule has 1 atom stereocenters. The third-order valence-electron chi connectivity index (χ3n) is 6.72. The van der Waals surface area contributed by atoms with Gasteiger partial charge in [-0.05, 0) is 66.8 Å². The highest BCUT2D eigenvalue weighted by Crippen LogP contribution is 2.26. The molecule has 0 heterocycles. The first-order valence-corrected chi connectivity index (χ1v) is 15.4. The van der Waals surface area contributed by atoms with Gasteiger partial charge in [-0.25, -0.2) is 8.42 Å². The third kappa shape index (κ3) is 8.08. The van der Waals surface area contributed by atoms with Crippen LogP contribution in [0.25, 0.3) is 0 Å². The van der Waals surface area contributed by atoms with Crippen LogP contribution in [0.1, 0.15) is 57.6 Å². The van der Waals surface area contributed by atoms with Crippen LogP contribution in [0.4, 0.5) is 5.69 Å². The number of amides is 2. The fourth-order valence-corrected chi connectivity index (χ4v) is 5.74. The number of hydrogen-bond acceptors (Lipinski definition) is 4. The molecule has 40 heavy (non-hydrogen) atoms. The highest BCUT2D eigenvalue weighted by Gasteiger charge is 2.32. The normalized spacial score (nSPS) is 12.2. The lowest BCUT2D eigenvalue weighted by Gasteiger charge is -2.32. The van der Waals surface area contributed by atoms with Crippen molar-refractivity contribution in [3.8, 4) is 0 Å². The molecule has 0 aliphatic rings. The molecule has 3 aromatic rings. The van der Waals surface area contributed by atoms with E-state index in [0.29, 0.717) is 17.3 Å². The molecular weight excluding hydrogens is 546 g/mol. The van der Waals surface area contributed by atoms with Crippen molar-refractivity contribution >= 4 is 39.1 Å². The van der Waals surface area contributed by atoms with Crippen LogP contribution in [0.5, 0.6) is 0 Å². The summed E-state index contributed by atoms with van der Waals surface area (Å²) in [6.45, 7) is 7.93. The standard InChI is InChI=1S/C31H38ClN3O4S/c1-5-6-20-33-31(37)24(4)34(21-25-12-16-27(32)17-13-25)30(36)22-35(28-18-14-26(15-19-28)23(2)3)40(38,39)29-10-8-7-9-11-29/h7-19,23-24H,5-6,20-22H2,1-4H3,(H,33,37)/t24-/m1/s1. The van der Waals surface area contributed by atoms with Crippen molar-refractivity contribution in [1.82, 2.24) is 10.2 Å². The number of benzene rings is 3. The van der Waals surface area contributed by atoms with Crippen LogP contribution in [-0.4, -0.2) is 44.3 Å². The van der Waals surface area contributed by atoms with Gasteiger partial charge >= 0.3 is 0 Å². The van der Waals surface area contributed by atoms with Gasteiger partial charge in [-0.15, -0.1) is 0 Å². The van der Waals surface area contributed by atoms with Crippen LogP contribution in [0, 0.1) is 0 Å². The number of rotatable bonds is 13. The quantitative estimate of drug-likeness (QED) is 0.250. The number of halogens is 1. The Bertz CT molecular complexity index is 1360. The maximum absolute atomic E-state index is 13.9. The largest absolute Gasteiger partial charge is 0.354 e. The minimum Gasteiger partial charge on any atom is -0.354 e. The molecule has 0 radical (unpaired) electrons. The Balaban J connectivity index is 1.99. The summed E-state index contributed by atoms with van der Waals surface area (Å²) in [5.41, 5.74) is 2.19. The molecule has 0 bridgehead atoms. The predicted molar refractivity (Wildman–Crippen MR) is 161 cm³/mol. The van der Waals surface area contributed by atoms with Gasteiger partial charge in [0.15, 0.2) is 0 Å². The first kappa shape index (κ1) is 31.2. The Kier molecular flexibility index (Phi) is 11.2. The topological polar surface area (TPSA) is 86.8 Å². The second-order valence-electron chi connectivity index (χ2n) is 10.0. The minimum atomic E-state index is -4.09. The van der Waals surface area contributed by atoms with Crippen molar-refractivity contribution in [2.24, 2.45) is 0 Å². The molecule has 0 saturated heterocycles. The molecule has 0 spiro atoms. The van der Waals surface area contributed by atoms with Gasteiger partial charge in [0.2, 0.25) is 11.8 Å². The number of hydrogen-bond donors (Lipinski definition) is 1. The zero-order valence-electron chi connectivity index (χ0n) is 23.5. The molecule has 3 rings (SSSR count). The maximum atomic E-state index is 13.9. The Hall–Kier alpha value is -3.36. The molecular formula is C31H38ClN3O4S. The van der Waals surface area contributed by atoms with Crippen LogP contribution < -0.4 is 9.62 Å². The molecule has 0 saturated carbocycles. The van der Waals surface area contributed by atoms with E-state index in [1.54, 1.807) is 61.5 Å². The summed E-state index contributed by atoms with van der Waals surface area (Å²) in [5.74, 6) is -0.535. The second kappa shape index (κ2) is 14.3.